The fourth-order valence-electron chi connectivity index (χ4n) is 5.04. The number of amides is 3. The summed E-state index contributed by atoms with van der Waals surface area (Å²) in [6.07, 6.45) is 3.94. The largest absolute Gasteiger partial charge is 0.444 e. The maximum Gasteiger partial charge on any atom is 0.410 e. The fraction of sp³-hybridized carbons (Fsp3) is 0.577. The van der Waals surface area contributed by atoms with E-state index in [1.807, 2.05) is 52.0 Å². The molecule has 2 N–H and O–H groups in total. The Bertz CT molecular complexity index is 974. The van der Waals surface area contributed by atoms with Crippen molar-refractivity contribution >= 4 is 29.3 Å². The number of carbonyl (C=O) groups is 3. The van der Waals surface area contributed by atoms with Gasteiger partial charge >= 0.3 is 6.09 Å². The first kappa shape index (κ1) is 24.1. The van der Waals surface area contributed by atoms with E-state index in [-0.39, 0.29) is 29.5 Å². The fourth-order valence-corrected chi connectivity index (χ4v) is 5.04. The van der Waals surface area contributed by atoms with Gasteiger partial charge in [0.1, 0.15) is 11.2 Å². The maximum atomic E-state index is 13.1. The number of carbonyl (C=O) groups excluding carboxylic acids is 3. The minimum absolute atomic E-state index is 0.0911. The van der Waals surface area contributed by atoms with Crippen molar-refractivity contribution < 1.29 is 19.1 Å². The second-order valence-corrected chi connectivity index (χ2v) is 10.5. The monoisotopic (exact) mass is 468 g/mol. The van der Waals surface area contributed by atoms with Gasteiger partial charge < -0.3 is 25.2 Å². The molecule has 0 aliphatic carbocycles. The molecule has 2 atom stereocenters. The first-order valence-corrected chi connectivity index (χ1v) is 12.3. The summed E-state index contributed by atoms with van der Waals surface area (Å²) in [5.41, 5.74) is 2.07. The van der Waals surface area contributed by atoms with Gasteiger partial charge in [-0.25, -0.2) is 4.79 Å². The van der Waals surface area contributed by atoms with Crippen LogP contribution in [0.1, 0.15) is 53.4 Å². The van der Waals surface area contributed by atoms with Crippen LogP contribution in [0.5, 0.6) is 0 Å². The quantitative estimate of drug-likeness (QED) is 0.661. The molecule has 184 valence electrons. The number of anilines is 2. The summed E-state index contributed by atoms with van der Waals surface area (Å²) >= 11 is 0. The van der Waals surface area contributed by atoms with Crippen LogP contribution >= 0.6 is 0 Å². The summed E-state index contributed by atoms with van der Waals surface area (Å²) in [4.78, 5) is 42.5. The average molecular weight is 469 g/mol. The molecule has 4 rings (SSSR count). The zero-order valence-electron chi connectivity index (χ0n) is 20.6. The number of ether oxygens (including phenoxy) is 1. The van der Waals surface area contributed by atoms with E-state index in [2.05, 4.69) is 15.5 Å². The highest BCUT2D eigenvalue weighted by molar-refractivity contribution is 6.23. The van der Waals surface area contributed by atoms with Gasteiger partial charge in [0.05, 0.1) is 0 Å². The smallest absolute Gasteiger partial charge is 0.410 e. The Kier molecular flexibility index (Phi) is 6.86. The number of nitrogens with zero attached hydrogens (tertiary/aromatic N) is 2. The molecule has 0 radical (unpaired) electrons. The number of benzene rings is 1. The van der Waals surface area contributed by atoms with Crippen LogP contribution in [-0.4, -0.2) is 60.6 Å². The summed E-state index contributed by atoms with van der Waals surface area (Å²) in [7, 11) is 0. The van der Waals surface area contributed by atoms with Gasteiger partial charge in [-0.15, -0.1) is 0 Å². The topological polar surface area (TPSA) is 91.0 Å². The van der Waals surface area contributed by atoms with E-state index < -0.39 is 11.5 Å². The van der Waals surface area contributed by atoms with E-state index in [4.69, 9.17) is 4.74 Å². The van der Waals surface area contributed by atoms with Crippen molar-refractivity contribution in [3.63, 3.8) is 0 Å². The van der Waals surface area contributed by atoms with Crippen molar-refractivity contribution in [1.29, 1.82) is 0 Å². The van der Waals surface area contributed by atoms with Gasteiger partial charge in [0.15, 0.2) is 0 Å². The van der Waals surface area contributed by atoms with E-state index in [0.29, 0.717) is 30.8 Å². The number of hydrogen-bond acceptors (Lipinski definition) is 5. The third kappa shape index (κ3) is 5.37. The maximum absolute atomic E-state index is 13.1. The highest BCUT2D eigenvalue weighted by Crippen LogP contribution is 2.31. The number of likely N-dealkylation sites (tertiary alicyclic amines) is 1. The standard InChI is InChI=1S/C26H36N4O4/c1-17-20-16-30(25(33)34-26(2,3)4)15-12-21(20)28-24(32)22(17)23(31)27-18-8-10-19(11-9-18)29-13-6-5-7-14-29/h8-11,20-21H,5-7,12-16H2,1-4H3,(H,27,31)(H,28,32). The van der Waals surface area contributed by atoms with Gasteiger partial charge in [-0.2, -0.15) is 0 Å². The van der Waals surface area contributed by atoms with E-state index in [1.54, 1.807) is 4.90 Å². The number of fused-ring (bicyclic) bond motifs is 1. The van der Waals surface area contributed by atoms with Gasteiger partial charge in [-0.1, -0.05) is 0 Å². The molecule has 8 nitrogen and oxygen atoms in total. The van der Waals surface area contributed by atoms with Crippen LogP contribution in [0.2, 0.25) is 0 Å². The van der Waals surface area contributed by atoms with Gasteiger partial charge in [-0.3, -0.25) is 9.59 Å². The first-order valence-electron chi connectivity index (χ1n) is 12.3. The zero-order chi connectivity index (χ0) is 24.5. The van der Waals surface area contributed by atoms with Crippen LogP contribution in [0, 0.1) is 5.92 Å². The Morgan fingerprint density at radius 2 is 1.74 bits per heavy atom. The summed E-state index contributed by atoms with van der Waals surface area (Å²) in [5, 5.41) is 5.86. The lowest BCUT2D eigenvalue weighted by molar-refractivity contribution is -0.123. The number of rotatable bonds is 3. The summed E-state index contributed by atoms with van der Waals surface area (Å²) < 4.78 is 5.52. The Hall–Kier alpha value is -3.03. The third-order valence-corrected chi connectivity index (χ3v) is 6.83. The molecule has 34 heavy (non-hydrogen) atoms. The van der Waals surface area contributed by atoms with Gasteiger partial charge in [0, 0.05) is 49.5 Å². The molecule has 3 aliphatic rings. The van der Waals surface area contributed by atoms with Crippen molar-refractivity contribution in [1.82, 2.24) is 10.2 Å². The minimum Gasteiger partial charge on any atom is -0.444 e. The average Bonchev–Trinajstić information content (AvgIpc) is 2.79. The number of piperidine rings is 2. The zero-order valence-corrected chi connectivity index (χ0v) is 20.6. The summed E-state index contributed by atoms with van der Waals surface area (Å²) in [6, 6.07) is 7.70. The molecular weight excluding hydrogens is 432 g/mol. The predicted molar refractivity (Wildman–Crippen MR) is 132 cm³/mol. The highest BCUT2D eigenvalue weighted by atomic mass is 16.6. The van der Waals surface area contributed by atoms with Gasteiger partial charge in [-0.05, 0) is 83.2 Å². The molecule has 3 heterocycles. The Labute approximate surface area is 201 Å². The lowest BCUT2D eigenvalue weighted by atomic mass is 9.80. The molecule has 0 spiro atoms. The van der Waals surface area contributed by atoms with Crippen LogP contribution in [-0.2, 0) is 14.3 Å². The molecule has 8 heteroatoms. The lowest BCUT2D eigenvalue weighted by Gasteiger charge is -2.42. The van der Waals surface area contributed by atoms with Crippen molar-refractivity contribution in [3.05, 3.63) is 35.4 Å². The van der Waals surface area contributed by atoms with E-state index in [0.717, 1.165) is 18.8 Å². The molecular formula is C26H36N4O4. The molecule has 3 aliphatic heterocycles. The highest BCUT2D eigenvalue weighted by Gasteiger charge is 2.41. The summed E-state index contributed by atoms with van der Waals surface area (Å²) in [5.74, 6) is -0.901. The Morgan fingerprint density at radius 1 is 1.06 bits per heavy atom. The van der Waals surface area contributed by atoms with E-state index in [1.165, 1.54) is 19.3 Å². The van der Waals surface area contributed by atoms with E-state index in [9.17, 15) is 14.4 Å². The molecule has 0 aromatic heterocycles. The van der Waals surface area contributed by atoms with Crippen LogP contribution in [0.25, 0.3) is 0 Å². The molecule has 2 fully saturated rings. The van der Waals surface area contributed by atoms with Crippen molar-refractivity contribution in [3.8, 4) is 0 Å². The van der Waals surface area contributed by atoms with Crippen LogP contribution in [0.3, 0.4) is 0 Å². The van der Waals surface area contributed by atoms with Crippen LogP contribution in [0.15, 0.2) is 35.4 Å². The van der Waals surface area contributed by atoms with Crippen molar-refractivity contribution in [2.24, 2.45) is 5.92 Å². The number of nitrogens with one attached hydrogen (secondary N) is 2. The molecule has 3 amide bonds. The molecule has 0 bridgehead atoms. The third-order valence-electron chi connectivity index (χ3n) is 6.83. The van der Waals surface area contributed by atoms with E-state index >= 15 is 0 Å². The van der Waals surface area contributed by atoms with Crippen molar-refractivity contribution in [2.45, 2.75) is 65.0 Å². The molecule has 2 unspecified atom stereocenters. The second kappa shape index (κ2) is 9.68. The van der Waals surface area contributed by atoms with Gasteiger partial charge in [0.25, 0.3) is 11.8 Å². The molecule has 2 saturated heterocycles. The number of hydrogen-bond donors (Lipinski definition) is 2. The first-order chi connectivity index (χ1) is 16.1. The van der Waals surface area contributed by atoms with Crippen LogP contribution < -0.4 is 15.5 Å². The Morgan fingerprint density at radius 3 is 2.38 bits per heavy atom. The molecule has 1 aromatic rings. The SMILES string of the molecule is CC1=C(C(=O)Nc2ccc(N3CCCCC3)cc2)C(=O)NC2CCN(C(=O)OC(C)(C)C)CC12. The van der Waals surface area contributed by atoms with Crippen LogP contribution in [0.4, 0.5) is 16.2 Å². The van der Waals surface area contributed by atoms with Gasteiger partial charge in [0.2, 0.25) is 0 Å². The Balaban J connectivity index is 1.46. The second-order valence-electron chi connectivity index (χ2n) is 10.5. The molecule has 1 aromatic carbocycles. The minimum atomic E-state index is -0.575. The predicted octanol–water partition coefficient (Wildman–Crippen LogP) is 3.69. The normalized spacial score (nSPS) is 23.2. The lowest BCUT2D eigenvalue weighted by Crippen LogP contribution is -2.57. The molecule has 0 saturated carbocycles. The van der Waals surface area contributed by atoms with Crippen molar-refractivity contribution in [2.75, 3.05) is 36.4 Å². The summed E-state index contributed by atoms with van der Waals surface area (Å²) in [6.45, 7) is 10.4.